The minimum absolute atomic E-state index is 0.0179. The highest BCUT2D eigenvalue weighted by molar-refractivity contribution is 5.86. The zero-order valence-electron chi connectivity index (χ0n) is 78.9. The zero-order chi connectivity index (χ0) is 89.8. The molecule has 18 rings (SSSR count). The molecule has 2 saturated heterocycles. The molecule has 2 fully saturated rings. The maximum Gasteiger partial charge on any atom is 0.162 e. The molecule has 0 saturated carbocycles. The first-order valence-electron chi connectivity index (χ1n) is 44.4. The monoisotopic (exact) mass is 1660 g/mol. The van der Waals surface area contributed by atoms with Crippen LogP contribution in [0.2, 0.25) is 0 Å². The molecule has 2 aliphatic carbocycles. The number of fused-ring (bicyclic) bond motifs is 9. The van der Waals surface area contributed by atoms with Crippen LogP contribution in [0.1, 0.15) is 219 Å². The van der Waals surface area contributed by atoms with Crippen molar-refractivity contribution < 1.29 is 0 Å². The number of piperidine rings is 1. The van der Waals surface area contributed by atoms with E-state index in [2.05, 4.69) is 395 Å². The fourth-order valence-electron chi connectivity index (χ4n) is 15.2. The number of aromatic nitrogens is 11. The first-order valence-corrected chi connectivity index (χ1v) is 44.4. The van der Waals surface area contributed by atoms with Crippen molar-refractivity contribution in [3.8, 4) is 0 Å². The predicted molar refractivity (Wildman–Crippen MR) is 526 cm³/mol. The molecule has 8 aromatic heterocycles. The van der Waals surface area contributed by atoms with Crippen molar-refractivity contribution >= 4 is 76.3 Å². The van der Waals surface area contributed by atoms with Crippen LogP contribution in [0.5, 0.6) is 0 Å². The van der Waals surface area contributed by atoms with E-state index in [1.807, 2.05) is 110 Å². The molecular formula is C110H138N14. The molecule has 0 spiro atoms. The van der Waals surface area contributed by atoms with Crippen LogP contribution in [0.15, 0.2) is 280 Å². The van der Waals surface area contributed by atoms with Gasteiger partial charge in [0.2, 0.25) is 0 Å². The summed E-state index contributed by atoms with van der Waals surface area (Å²) in [5.41, 5.74) is 13.9. The lowest BCUT2D eigenvalue weighted by molar-refractivity contribution is 0.129. The quantitative estimate of drug-likeness (QED) is 0.174. The lowest BCUT2D eigenvalue weighted by Gasteiger charge is -2.40. The average molecular weight is 1660 g/mol. The molecule has 2 aliphatic heterocycles. The standard InChI is InChI=1S/4C13H15N.2C12H14N2.C12H19N.C11H13N3.C11H18N2/c1-13(2,3)11-8-10-6-4-5-7-12(10)14-9-11;1-13(2,3)11-8-9-14-12-7-5-4-6-10(11)12;1-13(2,3)12-11-7-5-4-6-10(11)8-9-14-12;1-13(2,3)12-9-8-10-6-4-5-7-11(10)14-12;1-12(2,3)11-9-6-4-5-7-10(9)13-8-14-11;1-12(2,3)11-13-8-9-6-4-5-7-10(9)14-11;1-10(2)13-8-7-11-5-3-4-6-12(11)9-13;1-11(2,3)9-8-5-4-6-12-10(8)14-7-13-9;1-9(2)13-7-10-5-3-4-6-11(10)12-8-13/h4*4-9H,1-3H3;2*4-8H,1-3H3;3-6,10-12H,7-9H2,1-2H3;4-7H,1-3H3;3-6,9-12H,7-8H2,1-2H3. The number of nitrogens with one attached hydrogen (secondary N) is 1. The zero-order valence-corrected chi connectivity index (χ0v) is 78.9. The Balaban J connectivity index is 0.000000146. The highest BCUT2D eigenvalue weighted by Crippen LogP contribution is 2.34. The number of benzene rings is 6. The number of likely N-dealkylation sites (tertiary alicyclic amines) is 1. The van der Waals surface area contributed by atoms with Crippen molar-refractivity contribution in [2.24, 2.45) is 17.8 Å². The van der Waals surface area contributed by atoms with Crippen molar-refractivity contribution in [1.29, 1.82) is 0 Å². The van der Waals surface area contributed by atoms with Gasteiger partial charge < -0.3 is 4.90 Å². The van der Waals surface area contributed by atoms with Crippen LogP contribution < -0.4 is 5.32 Å². The van der Waals surface area contributed by atoms with E-state index in [0.29, 0.717) is 24.0 Å². The molecule has 10 heterocycles. The van der Waals surface area contributed by atoms with Gasteiger partial charge in [-0.2, -0.15) is 0 Å². The van der Waals surface area contributed by atoms with Gasteiger partial charge in [0.05, 0.1) is 44.7 Å². The van der Waals surface area contributed by atoms with Gasteiger partial charge in [0, 0.05) is 145 Å². The van der Waals surface area contributed by atoms with Crippen molar-refractivity contribution in [2.45, 2.75) is 236 Å². The molecule has 124 heavy (non-hydrogen) atoms. The van der Waals surface area contributed by atoms with Crippen LogP contribution in [-0.4, -0.2) is 109 Å². The molecule has 4 aliphatic rings. The molecule has 0 bridgehead atoms. The summed E-state index contributed by atoms with van der Waals surface area (Å²) in [6.07, 6.45) is 32.0. The molecular weight excluding hydrogens is 1520 g/mol. The molecule has 4 atom stereocenters. The molecule has 6 aromatic carbocycles. The number of allylic oxidation sites excluding steroid dienone is 5. The SMILES string of the molecule is CC(C)(C)c1ccc2ccccc2n1.CC(C)(C)c1ccnc2ccccc12.CC(C)(C)c1cnc2ccccc2c1.CC(C)(C)c1ncc2ccccc2n1.CC(C)(C)c1nccc2ccccc12.CC(C)(C)c1ncnc2ccccc12.CC(C)(C)c1ncnc2ncccc12.CC(C)N1CCC2C=CC=CC2C1.CC(C)N1CNC2C=CC=CC2C1. The fraction of sp³-hybridized carbons (Fsp3) is 0.391. The van der Waals surface area contributed by atoms with Crippen LogP contribution in [0.3, 0.4) is 0 Å². The van der Waals surface area contributed by atoms with Gasteiger partial charge in [-0.3, -0.25) is 30.2 Å². The van der Waals surface area contributed by atoms with Gasteiger partial charge >= 0.3 is 0 Å². The Morgan fingerprint density at radius 1 is 0.331 bits per heavy atom. The molecule has 4 unspecified atom stereocenters. The Hall–Kier alpha value is -11.0. The maximum atomic E-state index is 4.65. The van der Waals surface area contributed by atoms with Crippen LogP contribution >= 0.6 is 0 Å². The second kappa shape index (κ2) is 42.1. The van der Waals surface area contributed by atoms with Crippen molar-refractivity contribution in [3.05, 3.63) is 320 Å². The lowest BCUT2D eigenvalue weighted by atomic mass is 9.82. The normalized spacial score (nSPS) is 16.5. The molecule has 648 valence electrons. The molecule has 1 N–H and O–H groups in total. The van der Waals surface area contributed by atoms with Gasteiger partial charge in [-0.15, -0.1) is 0 Å². The third-order valence-corrected chi connectivity index (χ3v) is 22.5. The minimum Gasteiger partial charge on any atom is -0.300 e. The van der Waals surface area contributed by atoms with Crippen molar-refractivity contribution in [2.75, 3.05) is 26.3 Å². The number of rotatable bonds is 2. The maximum absolute atomic E-state index is 4.65. The second-order valence-corrected chi connectivity index (χ2v) is 40.6. The number of hydrogen-bond donors (Lipinski definition) is 1. The van der Waals surface area contributed by atoms with E-state index in [1.165, 1.54) is 69.8 Å². The summed E-state index contributed by atoms with van der Waals surface area (Å²) in [7, 11) is 0. The van der Waals surface area contributed by atoms with Crippen molar-refractivity contribution in [3.63, 3.8) is 0 Å². The van der Waals surface area contributed by atoms with Gasteiger partial charge in [0.15, 0.2) is 5.65 Å². The summed E-state index contributed by atoms with van der Waals surface area (Å²) in [4.78, 5) is 53.2. The molecule has 0 amide bonds. The topological polar surface area (TPSA) is 160 Å². The average Bonchev–Trinajstić information content (AvgIpc) is 0.725. The Labute approximate surface area is 741 Å². The summed E-state index contributed by atoms with van der Waals surface area (Å²) in [6, 6.07) is 65.8. The highest BCUT2D eigenvalue weighted by Gasteiger charge is 2.30. The second-order valence-electron chi connectivity index (χ2n) is 40.6. The van der Waals surface area contributed by atoms with E-state index in [1.54, 1.807) is 18.9 Å². The molecule has 0 radical (unpaired) electrons. The lowest BCUT2D eigenvalue weighted by Crippen LogP contribution is -2.54. The predicted octanol–water partition coefficient (Wildman–Crippen LogP) is 26.1. The van der Waals surface area contributed by atoms with Gasteiger partial charge in [0.1, 0.15) is 18.5 Å². The number of nitrogens with zero attached hydrogens (tertiary/aromatic N) is 13. The van der Waals surface area contributed by atoms with Gasteiger partial charge in [-0.05, 0) is 147 Å². The van der Waals surface area contributed by atoms with E-state index < -0.39 is 0 Å². The Bertz CT molecular complexity index is 5250. The first kappa shape index (κ1) is 95.2. The molecule has 14 heteroatoms. The third-order valence-electron chi connectivity index (χ3n) is 22.5. The Morgan fingerprint density at radius 2 is 0.831 bits per heavy atom. The van der Waals surface area contributed by atoms with E-state index in [0.717, 1.165) is 90.8 Å². The van der Waals surface area contributed by atoms with E-state index in [-0.39, 0.29) is 37.9 Å². The van der Waals surface area contributed by atoms with Crippen LogP contribution in [-0.2, 0) is 37.9 Å². The Morgan fingerprint density at radius 3 is 1.44 bits per heavy atom. The minimum atomic E-state index is 0.0179. The number of para-hydroxylation sites is 5. The smallest absolute Gasteiger partial charge is 0.162 e. The summed E-state index contributed by atoms with van der Waals surface area (Å²) in [5.74, 6) is 3.17. The van der Waals surface area contributed by atoms with Gasteiger partial charge in [-0.1, -0.05) is 315 Å². The largest absolute Gasteiger partial charge is 0.300 e. The molecule has 14 aromatic rings. The third kappa shape index (κ3) is 27.0. The summed E-state index contributed by atoms with van der Waals surface area (Å²) in [6.45, 7) is 59.6. The summed E-state index contributed by atoms with van der Waals surface area (Å²) >= 11 is 0. The fourth-order valence-corrected chi connectivity index (χ4v) is 15.2. The summed E-state index contributed by atoms with van der Waals surface area (Å²) < 4.78 is 0. The van der Waals surface area contributed by atoms with Crippen LogP contribution in [0.25, 0.3) is 76.3 Å². The first-order chi connectivity index (χ1) is 58.6. The van der Waals surface area contributed by atoms with E-state index in [9.17, 15) is 0 Å². The number of hydrogen-bond acceptors (Lipinski definition) is 14. The highest BCUT2D eigenvalue weighted by atomic mass is 15.3. The van der Waals surface area contributed by atoms with Crippen LogP contribution in [0, 0.1) is 17.8 Å². The molecule has 14 nitrogen and oxygen atoms in total. The Kier molecular flexibility index (Phi) is 32.3. The van der Waals surface area contributed by atoms with Crippen LogP contribution in [0.4, 0.5) is 0 Å². The van der Waals surface area contributed by atoms with Gasteiger partial charge in [-0.25, -0.2) is 34.9 Å². The number of pyridine rings is 5. The van der Waals surface area contributed by atoms with Crippen molar-refractivity contribution in [1.82, 2.24) is 69.9 Å². The van der Waals surface area contributed by atoms with Gasteiger partial charge in [0.25, 0.3) is 0 Å². The summed E-state index contributed by atoms with van der Waals surface area (Å²) in [5, 5.41) is 13.1. The van der Waals surface area contributed by atoms with E-state index >= 15 is 0 Å². The van der Waals surface area contributed by atoms with E-state index in [4.69, 9.17) is 0 Å².